The van der Waals surface area contributed by atoms with Crippen LogP contribution in [0.2, 0.25) is 0 Å². The number of carbonyl (C=O) groups is 4. The van der Waals surface area contributed by atoms with E-state index in [-0.39, 0.29) is 24.5 Å². The molecule has 2 heterocycles. The predicted molar refractivity (Wildman–Crippen MR) is 184 cm³/mol. The highest BCUT2D eigenvalue weighted by atomic mass is 79.9. The summed E-state index contributed by atoms with van der Waals surface area (Å²) in [6.07, 6.45) is 2.43. The van der Waals surface area contributed by atoms with Gasteiger partial charge in [0.05, 0.1) is 23.2 Å². The molecule has 0 spiro atoms. The summed E-state index contributed by atoms with van der Waals surface area (Å²) in [5.41, 5.74) is 3.21. The number of aromatic hydroxyl groups is 1. The van der Waals surface area contributed by atoms with Gasteiger partial charge in [-0.25, -0.2) is 0 Å². The van der Waals surface area contributed by atoms with Gasteiger partial charge >= 0.3 is 0 Å². The molecule has 1 saturated heterocycles. The number of aromatic nitrogens is 1. The first-order chi connectivity index (χ1) is 22.2. The van der Waals surface area contributed by atoms with E-state index in [1.807, 2.05) is 44.2 Å². The van der Waals surface area contributed by atoms with Crippen molar-refractivity contribution < 1.29 is 29.4 Å². The first-order valence-corrected chi connectivity index (χ1v) is 16.8. The second kappa shape index (κ2) is 15.3. The number of H-pyrrole nitrogens is 1. The molecule has 47 heavy (non-hydrogen) atoms. The van der Waals surface area contributed by atoms with Crippen molar-refractivity contribution in [2.75, 3.05) is 7.05 Å². The Hall–Kier alpha value is -3.96. The van der Waals surface area contributed by atoms with Crippen LogP contribution in [0.1, 0.15) is 71.0 Å². The zero-order chi connectivity index (χ0) is 34.6. The maximum Gasteiger partial charge on any atom is 0.246 e. The van der Waals surface area contributed by atoms with E-state index in [1.54, 1.807) is 26.0 Å². The summed E-state index contributed by atoms with van der Waals surface area (Å²) < 4.78 is 0.694. The molecule has 3 unspecified atom stereocenters. The van der Waals surface area contributed by atoms with Crippen molar-refractivity contribution in [3.63, 3.8) is 0 Å². The minimum absolute atomic E-state index is 0.0316. The summed E-state index contributed by atoms with van der Waals surface area (Å²) in [7, 11) is 1.52. The van der Waals surface area contributed by atoms with Crippen LogP contribution in [-0.4, -0.2) is 73.9 Å². The third kappa shape index (κ3) is 8.50. The number of nitrogens with one attached hydrogen (secondary N) is 2. The number of para-hydroxylation sites is 1. The van der Waals surface area contributed by atoms with Crippen molar-refractivity contribution >= 4 is 50.5 Å². The molecule has 1 aromatic heterocycles. The summed E-state index contributed by atoms with van der Waals surface area (Å²) in [5, 5.41) is 23.5. The molecule has 1 aliphatic heterocycles. The molecule has 6 atom stereocenters. The van der Waals surface area contributed by atoms with Crippen LogP contribution in [0.3, 0.4) is 0 Å². The van der Waals surface area contributed by atoms with Crippen molar-refractivity contribution in [3.8, 4) is 5.75 Å². The van der Waals surface area contributed by atoms with Crippen molar-refractivity contribution in [1.29, 1.82) is 0 Å². The number of carbonyl (C=O) groups excluding carboxylic acids is 4. The van der Waals surface area contributed by atoms with Gasteiger partial charge < -0.3 is 25.4 Å². The highest BCUT2D eigenvalue weighted by molar-refractivity contribution is 9.10. The van der Waals surface area contributed by atoms with Crippen LogP contribution in [-0.2, 0) is 25.6 Å². The number of phenolic OH excluding ortho intramolecular Hbond substituents is 1. The molecule has 0 bridgehead atoms. The third-order valence-electron chi connectivity index (χ3n) is 8.85. The van der Waals surface area contributed by atoms with Crippen LogP contribution in [0, 0.1) is 11.8 Å². The van der Waals surface area contributed by atoms with E-state index < -0.39 is 53.8 Å². The summed E-state index contributed by atoms with van der Waals surface area (Å²) in [6.45, 7) is 8.91. The number of allylic oxidation sites excluding steroid dienone is 2. The molecule has 4 N–H and O–H groups in total. The Morgan fingerprint density at radius 3 is 2.40 bits per heavy atom. The first kappa shape index (κ1) is 35.9. The smallest absolute Gasteiger partial charge is 0.246 e. The quantitative estimate of drug-likeness (QED) is 0.220. The van der Waals surface area contributed by atoms with Crippen LogP contribution >= 0.6 is 15.9 Å². The van der Waals surface area contributed by atoms with E-state index in [0.29, 0.717) is 23.0 Å². The SMILES string of the molecule is C/C(=C\C(C)CC(C)O)CC(C)C(=O)N1C(=O)C[C@H](c2ccc(O)cc2)NC(=O)[C@@H](Cc2c(Br)[nH]c3ccccc23)N(C)C(=O)[C@@H]1C. The van der Waals surface area contributed by atoms with Crippen molar-refractivity contribution in [1.82, 2.24) is 20.1 Å². The Morgan fingerprint density at radius 1 is 1.09 bits per heavy atom. The molecule has 4 rings (SSSR count). The fourth-order valence-corrected chi connectivity index (χ4v) is 7.11. The molecule has 0 radical (unpaired) electrons. The number of aromatic amines is 1. The van der Waals surface area contributed by atoms with Gasteiger partial charge in [-0.05, 0) is 84.8 Å². The van der Waals surface area contributed by atoms with Crippen molar-refractivity contribution in [2.45, 2.75) is 84.5 Å². The number of rotatable bonds is 9. The van der Waals surface area contributed by atoms with Gasteiger partial charge in [-0.1, -0.05) is 55.8 Å². The average Bonchev–Trinajstić information content (AvgIpc) is 3.32. The highest BCUT2D eigenvalue weighted by Gasteiger charge is 2.41. The number of nitrogens with zero attached hydrogens (tertiary/aromatic N) is 2. The zero-order valence-electron chi connectivity index (χ0n) is 27.8. The number of hydrogen-bond donors (Lipinski definition) is 4. The number of amides is 4. The molecule has 0 saturated carbocycles. The fraction of sp³-hybridized carbons (Fsp3) is 0.444. The summed E-state index contributed by atoms with van der Waals surface area (Å²) in [4.78, 5) is 61.8. The second-order valence-corrected chi connectivity index (χ2v) is 13.7. The molecule has 3 aromatic rings. The van der Waals surface area contributed by atoms with Crippen molar-refractivity contribution in [2.24, 2.45) is 11.8 Å². The lowest BCUT2D eigenvalue weighted by molar-refractivity contribution is -0.158. The average molecular weight is 710 g/mol. The van der Waals surface area contributed by atoms with Gasteiger partial charge in [0.15, 0.2) is 0 Å². The Morgan fingerprint density at radius 2 is 1.74 bits per heavy atom. The monoisotopic (exact) mass is 708 g/mol. The minimum Gasteiger partial charge on any atom is -0.508 e. The van der Waals surface area contributed by atoms with Crippen LogP contribution in [0.25, 0.3) is 10.9 Å². The molecule has 2 aromatic carbocycles. The molecular weight excluding hydrogens is 664 g/mol. The van der Waals surface area contributed by atoms with Gasteiger partial charge in [-0.2, -0.15) is 0 Å². The molecular formula is C36H45BrN4O6. The zero-order valence-corrected chi connectivity index (χ0v) is 29.4. The number of halogens is 1. The van der Waals surface area contributed by atoms with Gasteiger partial charge in [0.1, 0.15) is 17.8 Å². The Kier molecular flexibility index (Phi) is 11.7. The largest absolute Gasteiger partial charge is 0.508 e. The molecule has 0 aliphatic carbocycles. The Labute approximate surface area is 284 Å². The van der Waals surface area contributed by atoms with E-state index in [0.717, 1.165) is 26.9 Å². The predicted octanol–water partition coefficient (Wildman–Crippen LogP) is 5.39. The molecule has 10 nitrogen and oxygen atoms in total. The Balaban J connectivity index is 1.71. The highest BCUT2D eigenvalue weighted by Crippen LogP contribution is 2.30. The Bertz CT molecular complexity index is 1650. The fourth-order valence-electron chi connectivity index (χ4n) is 6.52. The molecule has 252 valence electrons. The van der Waals surface area contributed by atoms with E-state index in [2.05, 4.69) is 26.2 Å². The molecule has 1 fully saturated rings. The number of likely N-dealkylation sites (N-methyl/N-ethyl adjacent to an activating group) is 1. The summed E-state index contributed by atoms with van der Waals surface area (Å²) in [6, 6.07) is 10.9. The maximum absolute atomic E-state index is 14.1. The second-order valence-electron chi connectivity index (χ2n) is 12.9. The number of phenols is 1. The number of fused-ring (bicyclic) bond motifs is 1. The van der Waals surface area contributed by atoms with Crippen LogP contribution in [0.4, 0.5) is 0 Å². The minimum atomic E-state index is -1.17. The molecule has 4 amide bonds. The number of benzene rings is 2. The topological polar surface area (TPSA) is 143 Å². The van der Waals surface area contributed by atoms with Crippen molar-refractivity contribution in [3.05, 3.63) is 75.9 Å². The van der Waals surface area contributed by atoms with Gasteiger partial charge in [0, 0.05) is 30.3 Å². The number of aliphatic hydroxyl groups is 1. The van der Waals surface area contributed by atoms with E-state index in [9.17, 15) is 29.4 Å². The summed E-state index contributed by atoms with van der Waals surface area (Å²) >= 11 is 3.59. The van der Waals surface area contributed by atoms with Gasteiger partial charge in [-0.15, -0.1) is 0 Å². The van der Waals surface area contributed by atoms with Crippen LogP contribution in [0.15, 0.2) is 64.8 Å². The van der Waals surface area contributed by atoms with Gasteiger partial charge in [0.25, 0.3) is 0 Å². The lowest BCUT2D eigenvalue weighted by Gasteiger charge is -2.37. The van der Waals surface area contributed by atoms with Gasteiger partial charge in [-0.3, -0.25) is 24.1 Å². The lowest BCUT2D eigenvalue weighted by atomic mass is 9.94. The lowest BCUT2D eigenvalue weighted by Crippen LogP contribution is -2.59. The molecule has 1 aliphatic rings. The number of aliphatic hydroxyl groups excluding tert-OH is 1. The van der Waals surface area contributed by atoms with E-state index in [1.165, 1.54) is 31.0 Å². The van der Waals surface area contributed by atoms with Gasteiger partial charge in [0.2, 0.25) is 23.6 Å². The van der Waals surface area contributed by atoms with Crippen LogP contribution in [0.5, 0.6) is 5.75 Å². The third-order valence-corrected chi connectivity index (χ3v) is 9.53. The standard InChI is InChI=1S/C36H45BrN4O6/c1-20(15-21(2)17-23(4)42)16-22(3)35(46)41-24(5)36(47)40(6)31(18-28-27-9-7-8-10-29(27)38-33(28)37)34(45)39-30(19-32(41)44)25-11-13-26(43)14-12-25/h7-15,21-24,30-31,38,42-43H,16-19H2,1-6H3,(H,39,45)/b20-15+/t21?,22?,23?,24-,30+,31+/m0/s1. The molecule has 11 heteroatoms. The van der Waals surface area contributed by atoms with E-state index in [4.69, 9.17) is 0 Å². The normalized spacial score (nSPS) is 21.8. The van der Waals surface area contributed by atoms with E-state index >= 15 is 0 Å². The summed E-state index contributed by atoms with van der Waals surface area (Å²) in [5.74, 6) is -2.52. The first-order valence-electron chi connectivity index (χ1n) is 16.0. The number of hydrogen-bond acceptors (Lipinski definition) is 6. The van der Waals surface area contributed by atoms with Crippen LogP contribution < -0.4 is 5.32 Å². The maximum atomic E-state index is 14.1. The number of imide groups is 1.